The molecule has 110 valence electrons. The maximum atomic E-state index is 11.1. The fraction of sp³-hybridized carbons (Fsp3) is 0.538. The molecule has 0 aromatic carbocycles. The number of nitrogens with zero attached hydrogens (tertiary/aromatic N) is 2. The van der Waals surface area contributed by atoms with Crippen LogP contribution in [0.1, 0.15) is 37.1 Å². The number of aromatic nitrogens is 2. The lowest BCUT2D eigenvalue weighted by Gasteiger charge is -2.15. The second-order valence-corrected chi connectivity index (χ2v) is 4.61. The van der Waals surface area contributed by atoms with Crippen LogP contribution in [0.3, 0.4) is 0 Å². The zero-order chi connectivity index (χ0) is 15.1. The fourth-order valence-electron chi connectivity index (χ4n) is 1.95. The Bertz CT molecular complexity index is 505. The Kier molecular flexibility index (Phi) is 6.30. The lowest BCUT2D eigenvalue weighted by molar-refractivity contribution is -0.140. The molecule has 3 N–H and O–H groups in total. The van der Waals surface area contributed by atoms with Gasteiger partial charge in [-0.05, 0) is 18.4 Å². The maximum absolute atomic E-state index is 11.1. The van der Waals surface area contributed by atoms with Gasteiger partial charge in [-0.3, -0.25) is 4.79 Å². The number of anilines is 1. The highest BCUT2D eigenvalue weighted by Crippen LogP contribution is 2.20. The second kappa shape index (κ2) is 7.74. The molecule has 0 aliphatic rings. The molecule has 6 nitrogen and oxygen atoms in total. The number of carbonyl (C=O) groups is 1. The van der Waals surface area contributed by atoms with Crippen LogP contribution in [0, 0.1) is 0 Å². The van der Waals surface area contributed by atoms with E-state index in [1.165, 1.54) is 7.11 Å². The van der Waals surface area contributed by atoms with Crippen molar-refractivity contribution in [1.82, 2.24) is 10.2 Å². The first-order chi connectivity index (χ1) is 9.54. The number of methoxy groups -OCH3 is 1. The Morgan fingerprint density at radius 2 is 2.05 bits per heavy atom. The number of ether oxygens (including phenoxy) is 1. The number of esters is 1. The third kappa shape index (κ3) is 3.86. The van der Waals surface area contributed by atoms with Gasteiger partial charge in [0.15, 0.2) is 5.82 Å². The summed E-state index contributed by atoms with van der Waals surface area (Å²) in [6, 6.07) is 0. The minimum atomic E-state index is -0.289. The first-order valence-corrected chi connectivity index (χ1v) is 6.94. The molecule has 0 unspecified atom stereocenters. The van der Waals surface area contributed by atoms with Crippen LogP contribution in [0.15, 0.2) is 0 Å². The molecule has 0 saturated heterocycles. The normalized spacial score (nSPS) is 10.2. The maximum Gasteiger partial charge on any atom is 0.307 e. The van der Waals surface area contributed by atoms with Crippen molar-refractivity contribution in [1.29, 1.82) is 0 Å². The third-order valence-electron chi connectivity index (χ3n) is 2.94. The van der Waals surface area contributed by atoms with E-state index < -0.39 is 0 Å². The molecule has 0 atom stereocenters. The zero-order valence-electron chi connectivity index (χ0n) is 12.0. The second-order valence-electron chi connectivity index (χ2n) is 4.17. The monoisotopic (exact) mass is 296 g/mol. The van der Waals surface area contributed by atoms with E-state index in [0.717, 1.165) is 29.7 Å². The van der Waals surface area contributed by atoms with Gasteiger partial charge >= 0.3 is 5.97 Å². The molecule has 1 rings (SSSR count). The van der Waals surface area contributed by atoms with E-state index in [4.69, 9.17) is 18.0 Å². The Labute approximate surface area is 124 Å². The predicted molar refractivity (Wildman–Crippen MR) is 81.8 cm³/mol. The van der Waals surface area contributed by atoms with Crippen molar-refractivity contribution in [2.45, 2.75) is 33.1 Å². The van der Waals surface area contributed by atoms with Crippen molar-refractivity contribution >= 4 is 29.0 Å². The molecule has 1 heterocycles. The molecular weight excluding hydrogens is 276 g/mol. The van der Waals surface area contributed by atoms with Gasteiger partial charge in [-0.2, -0.15) is 5.10 Å². The molecule has 0 saturated carbocycles. The van der Waals surface area contributed by atoms with Gasteiger partial charge in [0.05, 0.1) is 24.8 Å². The van der Waals surface area contributed by atoms with Crippen LogP contribution < -0.4 is 11.1 Å². The summed E-state index contributed by atoms with van der Waals surface area (Å²) in [5, 5.41) is 11.4. The molecule has 0 spiro atoms. The van der Waals surface area contributed by atoms with Gasteiger partial charge in [-0.1, -0.05) is 26.1 Å². The Balaban J connectivity index is 3.01. The van der Waals surface area contributed by atoms with Crippen molar-refractivity contribution in [2.24, 2.45) is 5.73 Å². The summed E-state index contributed by atoms with van der Waals surface area (Å²) >= 11 is 5.11. The largest absolute Gasteiger partial charge is 0.469 e. The SMILES string of the molecule is CCc1nnc(NCCC(=O)OC)c(C(N)=S)c1CC. The van der Waals surface area contributed by atoms with E-state index in [9.17, 15) is 4.79 Å². The molecule has 1 aromatic rings. The van der Waals surface area contributed by atoms with Crippen molar-refractivity contribution in [3.63, 3.8) is 0 Å². The van der Waals surface area contributed by atoms with Crippen molar-refractivity contribution in [3.05, 3.63) is 16.8 Å². The predicted octanol–water partition coefficient (Wildman–Crippen LogP) is 1.21. The topological polar surface area (TPSA) is 90.1 Å². The van der Waals surface area contributed by atoms with Crippen molar-refractivity contribution < 1.29 is 9.53 Å². The lowest BCUT2D eigenvalue weighted by Crippen LogP contribution is -2.21. The number of nitrogens with two attached hydrogens (primary N) is 1. The van der Waals surface area contributed by atoms with Crippen LogP contribution in [-0.4, -0.2) is 34.8 Å². The highest BCUT2D eigenvalue weighted by atomic mass is 32.1. The number of rotatable bonds is 7. The molecule has 0 aliphatic heterocycles. The molecular formula is C13H20N4O2S. The summed E-state index contributed by atoms with van der Waals surface area (Å²) in [6.07, 6.45) is 1.79. The highest BCUT2D eigenvalue weighted by Gasteiger charge is 2.16. The molecule has 20 heavy (non-hydrogen) atoms. The summed E-state index contributed by atoms with van der Waals surface area (Å²) < 4.78 is 4.58. The van der Waals surface area contributed by atoms with E-state index in [0.29, 0.717) is 12.4 Å². The standard InChI is InChI=1S/C13H20N4O2S/c1-4-8-9(5-2)16-17-13(11(8)12(14)20)15-7-6-10(18)19-3/h4-7H2,1-3H3,(H2,14,20)(H,15,17). The van der Waals surface area contributed by atoms with Crippen LogP contribution in [-0.2, 0) is 22.4 Å². The Morgan fingerprint density at radius 1 is 1.35 bits per heavy atom. The smallest absolute Gasteiger partial charge is 0.307 e. The summed E-state index contributed by atoms with van der Waals surface area (Å²) in [7, 11) is 1.35. The Hall–Kier alpha value is -1.76. The van der Waals surface area contributed by atoms with Gasteiger partial charge in [0, 0.05) is 6.54 Å². The van der Waals surface area contributed by atoms with E-state index in [2.05, 4.69) is 20.3 Å². The molecule has 0 amide bonds. The number of thiocarbonyl (C=S) groups is 1. The minimum Gasteiger partial charge on any atom is -0.469 e. The summed E-state index contributed by atoms with van der Waals surface area (Å²) in [6.45, 7) is 4.43. The average molecular weight is 296 g/mol. The van der Waals surface area contributed by atoms with Gasteiger partial charge in [-0.15, -0.1) is 5.10 Å². The quantitative estimate of drug-likeness (QED) is 0.577. The summed E-state index contributed by atoms with van der Waals surface area (Å²) in [5.74, 6) is 0.235. The lowest BCUT2D eigenvalue weighted by atomic mass is 10.0. The first kappa shape index (κ1) is 16.3. The minimum absolute atomic E-state index is 0.242. The molecule has 0 radical (unpaired) electrons. The number of hydrogen-bond donors (Lipinski definition) is 2. The van der Waals surface area contributed by atoms with Gasteiger partial charge in [0.25, 0.3) is 0 Å². The Morgan fingerprint density at radius 3 is 2.55 bits per heavy atom. The first-order valence-electron chi connectivity index (χ1n) is 6.53. The number of aryl methyl sites for hydroxylation is 1. The summed E-state index contributed by atoms with van der Waals surface area (Å²) in [5.41, 5.74) is 8.43. The number of nitrogens with one attached hydrogen (secondary N) is 1. The number of carbonyl (C=O) groups excluding carboxylic acids is 1. The van der Waals surface area contributed by atoms with Crippen molar-refractivity contribution in [2.75, 3.05) is 19.0 Å². The summed E-state index contributed by atoms with van der Waals surface area (Å²) in [4.78, 5) is 11.4. The van der Waals surface area contributed by atoms with Crippen LogP contribution >= 0.6 is 12.2 Å². The zero-order valence-corrected chi connectivity index (χ0v) is 12.8. The van der Waals surface area contributed by atoms with Crippen molar-refractivity contribution in [3.8, 4) is 0 Å². The van der Waals surface area contributed by atoms with E-state index in [1.807, 2.05) is 13.8 Å². The van der Waals surface area contributed by atoms with Crippen LogP contribution in [0.4, 0.5) is 5.82 Å². The van der Waals surface area contributed by atoms with Gasteiger partial charge in [-0.25, -0.2) is 0 Å². The van der Waals surface area contributed by atoms with Gasteiger partial charge in [0.1, 0.15) is 4.99 Å². The van der Waals surface area contributed by atoms with E-state index >= 15 is 0 Å². The van der Waals surface area contributed by atoms with Crippen LogP contribution in [0.25, 0.3) is 0 Å². The highest BCUT2D eigenvalue weighted by molar-refractivity contribution is 7.80. The molecule has 1 aromatic heterocycles. The molecule has 0 bridgehead atoms. The molecule has 0 fully saturated rings. The molecule has 7 heteroatoms. The van der Waals surface area contributed by atoms with E-state index in [-0.39, 0.29) is 17.4 Å². The van der Waals surface area contributed by atoms with Gasteiger partial charge < -0.3 is 15.8 Å². The fourth-order valence-corrected chi connectivity index (χ4v) is 2.17. The third-order valence-corrected chi connectivity index (χ3v) is 3.15. The average Bonchev–Trinajstić information content (AvgIpc) is 2.45. The number of hydrogen-bond acceptors (Lipinski definition) is 6. The van der Waals surface area contributed by atoms with Crippen LogP contribution in [0.2, 0.25) is 0 Å². The van der Waals surface area contributed by atoms with Gasteiger partial charge in [0.2, 0.25) is 0 Å². The molecule has 0 aliphatic carbocycles. The van der Waals surface area contributed by atoms with Crippen LogP contribution in [0.5, 0.6) is 0 Å². The van der Waals surface area contributed by atoms with E-state index in [1.54, 1.807) is 0 Å².